The number of benzene rings is 8. The van der Waals surface area contributed by atoms with Crippen LogP contribution in [0.25, 0.3) is 64.6 Å². The Bertz CT molecular complexity index is 3990. The Morgan fingerprint density at radius 3 is 1.00 bits per heavy atom. The number of aliphatic imine (C=N–C) groups is 4. The van der Waals surface area contributed by atoms with E-state index in [2.05, 4.69) is 168 Å². The summed E-state index contributed by atoms with van der Waals surface area (Å²) in [4.78, 5) is 34.3. The molecule has 0 saturated heterocycles. The highest BCUT2D eigenvalue weighted by Gasteiger charge is 2.53. The normalized spacial score (nSPS) is 17.3. The van der Waals surface area contributed by atoms with Crippen LogP contribution in [-0.4, -0.2) is 53.9 Å². The predicted octanol–water partition coefficient (Wildman–Crippen LogP) is 14.7. The van der Waals surface area contributed by atoms with Crippen LogP contribution in [0.5, 0.6) is 0 Å². The van der Waals surface area contributed by atoms with E-state index in [0.29, 0.717) is 59.2 Å². The number of fused-ring (bicyclic) bond motifs is 18. The van der Waals surface area contributed by atoms with Crippen LogP contribution in [0.1, 0.15) is 113 Å². The SMILES string of the molecule is CCCCCCCCO[Si]1(OCCCCCCCC)n2c3c4cc5ccccc5cc4c2/N=C2N=C(/N=c4/c5cc6ccccc6cc5/c(n41)=N/C1=NC(=N\3)/c3cc4ccccc4cc31)c1cc3ccccc3cc1\2. The maximum Gasteiger partial charge on any atom is 0.603 e. The van der Waals surface area contributed by atoms with Crippen LogP contribution in [0.4, 0.5) is 11.6 Å². The Balaban J connectivity index is 1.17. The molecule has 14 rings (SSSR count). The van der Waals surface area contributed by atoms with Gasteiger partial charge in [-0.1, -0.05) is 175 Å². The predicted molar refractivity (Wildman–Crippen MR) is 310 cm³/mol. The lowest BCUT2D eigenvalue weighted by Crippen LogP contribution is -2.64. The fraction of sp³-hybridized carbons (Fsp3) is 0.250. The molecule has 0 fully saturated rings. The molecule has 6 heterocycles. The molecule has 370 valence electrons. The van der Waals surface area contributed by atoms with Crippen molar-refractivity contribution in [3.63, 3.8) is 0 Å². The van der Waals surface area contributed by atoms with E-state index in [1.54, 1.807) is 0 Å². The van der Waals surface area contributed by atoms with E-state index in [1.165, 1.54) is 38.5 Å². The standard InChI is InChI=1S/C64H58N8O2Si/c1-3-5-7-9-11-21-31-73-75(74-32-22-12-10-8-6-4-2)71-61-53-37-45-27-17-18-28-46(45)38-54(53)63(71)69-59-51-35-43-25-15-16-26-44(43)36-52(51)60(66-59)70-64-56-40-48-30-20-19-29-47(48)39-55(56)62(72(64)75)68-58-50-34-42-24-14-13-23-41(42)33-49(50)57(65-58)67-61/h13-20,23-30,33-40H,3-12,21-22,31-32H2,1-2H3/b67-57-,67-61?,68-58?,68-62-,69-59-,69-63?,70-60?,70-64-. The maximum atomic E-state index is 7.98. The molecule has 0 N–H and O–H groups in total. The molecule has 0 spiro atoms. The second kappa shape index (κ2) is 18.9. The maximum absolute atomic E-state index is 7.98. The van der Waals surface area contributed by atoms with Gasteiger partial charge in [0.05, 0.1) is 0 Å². The Labute approximate surface area is 436 Å². The summed E-state index contributed by atoms with van der Waals surface area (Å²) in [7, 11) is -4.29. The van der Waals surface area contributed by atoms with Gasteiger partial charge in [-0.25, -0.2) is 30.0 Å². The lowest BCUT2D eigenvalue weighted by Gasteiger charge is -2.33. The molecule has 0 amide bonds. The third-order valence-corrected chi connectivity index (χ3v) is 18.9. The summed E-state index contributed by atoms with van der Waals surface area (Å²) in [6.07, 6.45) is 13.3. The number of hydrogen-bond donors (Lipinski definition) is 0. The molecular weight excluding hydrogens is 941 g/mol. The molecule has 75 heavy (non-hydrogen) atoms. The molecule has 4 aliphatic rings. The Hall–Kier alpha value is -7.70. The highest BCUT2D eigenvalue weighted by molar-refractivity contribution is 6.66. The van der Waals surface area contributed by atoms with E-state index in [4.69, 9.17) is 38.8 Å². The minimum Gasteiger partial charge on any atom is -0.361 e. The van der Waals surface area contributed by atoms with Gasteiger partial charge in [0, 0.05) is 57.0 Å². The van der Waals surface area contributed by atoms with Gasteiger partial charge in [-0.3, -0.25) is 8.47 Å². The van der Waals surface area contributed by atoms with Gasteiger partial charge in [-0.2, -0.15) is 0 Å². The van der Waals surface area contributed by atoms with Crippen molar-refractivity contribution in [3.8, 4) is 0 Å². The van der Waals surface area contributed by atoms with Gasteiger partial charge in [0.1, 0.15) is 22.6 Å². The largest absolute Gasteiger partial charge is 0.603 e. The molecule has 10 aromatic rings. The topological polar surface area (TPSA) is 102 Å². The van der Waals surface area contributed by atoms with Crippen molar-refractivity contribution >= 4 is 108 Å². The van der Waals surface area contributed by atoms with Crippen LogP contribution in [0.15, 0.2) is 176 Å². The highest BCUT2D eigenvalue weighted by Crippen LogP contribution is 2.46. The van der Waals surface area contributed by atoms with Crippen molar-refractivity contribution in [3.05, 3.63) is 179 Å². The van der Waals surface area contributed by atoms with Crippen LogP contribution in [0, 0.1) is 0 Å². The van der Waals surface area contributed by atoms with Gasteiger partial charge < -0.3 is 8.85 Å². The smallest absolute Gasteiger partial charge is 0.361 e. The number of aromatic nitrogens is 2. The van der Waals surface area contributed by atoms with Crippen LogP contribution in [-0.2, 0) is 8.85 Å². The molecule has 0 atom stereocenters. The van der Waals surface area contributed by atoms with Gasteiger partial charge in [0.15, 0.2) is 23.3 Å². The minimum atomic E-state index is -4.29. The van der Waals surface area contributed by atoms with Gasteiger partial charge in [0.2, 0.25) is 0 Å². The summed E-state index contributed by atoms with van der Waals surface area (Å²) >= 11 is 0. The Morgan fingerprint density at radius 1 is 0.333 bits per heavy atom. The first kappa shape index (κ1) is 45.9. The second-order valence-corrected chi connectivity index (χ2v) is 23.3. The van der Waals surface area contributed by atoms with Crippen molar-refractivity contribution in [2.75, 3.05) is 13.2 Å². The lowest BCUT2D eigenvalue weighted by atomic mass is 10.0. The average molecular weight is 999 g/mol. The monoisotopic (exact) mass is 998 g/mol. The summed E-state index contributed by atoms with van der Waals surface area (Å²) < 4.78 is 20.5. The number of unbranched alkanes of at least 4 members (excludes halogenated alkanes) is 10. The van der Waals surface area contributed by atoms with Crippen LogP contribution >= 0.6 is 0 Å². The molecular formula is C64H58N8O2Si. The number of hydrogen-bond acceptors (Lipinski definition) is 8. The number of amidine groups is 4. The fourth-order valence-electron chi connectivity index (χ4n) is 11.9. The van der Waals surface area contributed by atoms with E-state index in [1.807, 2.05) is 0 Å². The van der Waals surface area contributed by atoms with E-state index < -0.39 is 8.88 Å². The van der Waals surface area contributed by atoms with Gasteiger partial charge in [0.25, 0.3) is 0 Å². The lowest BCUT2D eigenvalue weighted by molar-refractivity contribution is 0.142. The van der Waals surface area contributed by atoms with E-state index in [-0.39, 0.29) is 0 Å². The van der Waals surface area contributed by atoms with E-state index in [0.717, 1.165) is 125 Å². The van der Waals surface area contributed by atoms with Crippen molar-refractivity contribution in [1.82, 2.24) is 8.47 Å². The quantitative estimate of drug-likeness (QED) is 0.0711. The van der Waals surface area contributed by atoms with Crippen molar-refractivity contribution in [1.29, 1.82) is 0 Å². The average Bonchev–Trinajstić information content (AvgIpc) is 4.14. The zero-order valence-electron chi connectivity index (χ0n) is 42.7. The fourth-order valence-corrected chi connectivity index (χ4v) is 15.2. The van der Waals surface area contributed by atoms with Crippen LogP contribution in [0.2, 0.25) is 0 Å². The number of nitrogens with zero attached hydrogens (tertiary/aromatic N) is 8. The zero-order chi connectivity index (χ0) is 50.0. The molecule has 6 bridgehead atoms. The van der Waals surface area contributed by atoms with Gasteiger partial charge in [-0.05, 0) is 104 Å². The molecule has 0 saturated carbocycles. The molecule has 0 aliphatic carbocycles. The molecule has 10 nitrogen and oxygen atoms in total. The van der Waals surface area contributed by atoms with Crippen LogP contribution < -0.4 is 11.0 Å². The Morgan fingerprint density at radius 2 is 0.640 bits per heavy atom. The highest BCUT2D eigenvalue weighted by atomic mass is 28.4. The molecule has 8 aromatic carbocycles. The summed E-state index contributed by atoms with van der Waals surface area (Å²) in [6.45, 7) is 5.44. The van der Waals surface area contributed by atoms with Gasteiger partial charge in [-0.15, -0.1) is 0 Å². The first-order valence-corrected chi connectivity index (χ1v) is 29.1. The molecule has 0 radical (unpaired) electrons. The number of rotatable bonds is 16. The molecule has 0 unspecified atom stereocenters. The van der Waals surface area contributed by atoms with Crippen molar-refractivity contribution in [2.45, 2.75) is 90.9 Å². The van der Waals surface area contributed by atoms with Gasteiger partial charge >= 0.3 is 8.88 Å². The first-order valence-electron chi connectivity index (χ1n) is 27.4. The summed E-state index contributed by atoms with van der Waals surface area (Å²) in [6, 6.07) is 52.1. The third-order valence-electron chi connectivity index (χ3n) is 15.7. The first-order chi connectivity index (χ1) is 37.1. The summed E-state index contributed by atoms with van der Waals surface area (Å²) in [5, 5.41) is 12.5. The minimum absolute atomic E-state index is 0.450. The molecule has 2 aromatic heterocycles. The van der Waals surface area contributed by atoms with Crippen molar-refractivity contribution in [2.24, 2.45) is 30.0 Å². The third kappa shape index (κ3) is 7.73. The second-order valence-electron chi connectivity index (χ2n) is 20.7. The van der Waals surface area contributed by atoms with E-state index >= 15 is 0 Å². The van der Waals surface area contributed by atoms with Crippen LogP contribution in [0.3, 0.4) is 0 Å². The summed E-state index contributed by atoms with van der Waals surface area (Å²) in [5.74, 6) is 3.69. The van der Waals surface area contributed by atoms with Crippen molar-refractivity contribution < 1.29 is 8.85 Å². The zero-order valence-corrected chi connectivity index (χ0v) is 43.7. The molecule has 11 heteroatoms. The summed E-state index contributed by atoms with van der Waals surface area (Å²) in [5.41, 5.74) is 5.04. The Kier molecular flexibility index (Phi) is 11.6. The molecule has 4 aliphatic heterocycles. The van der Waals surface area contributed by atoms with E-state index in [9.17, 15) is 0 Å².